The highest BCUT2D eigenvalue weighted by Crippen LogP contribution is 2.24. The maximum Gasteiger partial charge on any atom is 0.252 e. The van der Waals surface area contributed by atoms with Gasteiger partial charge in [-0.25, -0.2) is 0 Å². The van der Waals surface area contributed by atoms with Crippen LogP contribution in [0.25, 0.3) is 0 Å². The third-order valence-corrected chi connectivity index (χ3v) is 6.32. The fourth-order valence-electron chi connectivity index (χ4n) is 1.63. The van der Waals surface area contributed by atoms with E-state index in [4.69, 9.17) is 11.6 Å². The SMILES string of the molecule is O=C(NCC1CSCCS1)c1cc(Cl)ccc1Br. The second-order valence-corrected chi connectivity index (χ2v) is 7.75. The van der Waals surface area contributed by atoms with Gasteiger partial charge in [0.05, 0.1) is 5.56 Å². The predicted molar refractivity (Wildman–Crippen MR) is 85.1 cm³/mol. The Morgan fingerprint density at radius 1 is 1.50 bits per heavy atom. The Balaban J connectivity index is 1.92. The first kappa shape index (κ1) is 14.6. The lowest BCUT2D eigenvalue weighted by atomic mass is 10.2. The van der Waals surface area contributed by atoms with Crippen molar-refractivity contribution in [2.24, 2.45) is 0 Å². The van der Waals surface area contributed by atoms with E-state index in [1.165, 1.54) is 11.5 Å². The molecule has 1 unspecified atom stereocenters. The zero-order valence-corrected chi connectivity index (χ0v) is 13.6. The second-order valence-electron chi connectivity index (χ2n) is 3.90. The molecule has 1 amide bonds. The Hall–Kier alpha value is 0.160. The number of amides is 1. The van der Waals surface area contributed by atoms with E-state index >= 15 is 0 Å². The van der Waals surface area contributed by atoms with Crippen molar-refractivity contribution >= 4 is 57.0 Å². The van der Waals surface area contributed by atoms with E-state index in [9.17, 15) is 4.79 Å². The van der Waals surface area contributed by atoms with Gasteiger partial charge in [0.15, 0.2) is 0 Å². The predicted octanol–water partition coefficient (Wildman–Crippen LogP) is 3.68. The van der Waals surface area contributed by atoms with E-state index in [0.717, 1.165) is 16.8 Å². The summed E-state index contributed by atoms with van der Waals surface area (Å²) in [6.45, 7) is 0.718. The van der Waals surface area contributed by atoms with E-state index in [1.807, 2.05) is 23.5 Å². The van der Waals surface area contributed by atoms with Crippen LogP contribution in [0, 0.1) is 0 Å². The van der Waals surface area contributed by atoms with Crippen LogP contribution in [0.3, 0.4) is 0 Å². The molecular weight excluding hydrogens is 354 g/mol. The Bertz CT molecular complexity index is 438. The summed E-state index contributed by atoms with van der Waals surface area (Å²) >= 11 is 13.2. The van der Waals surface area contributed by atoms with Gasteiger partial charge in [0, 0.05) is 38.5 Å². The van der Waals surface area contributed by atoms with Crippen LogP contribution >= 0.6 is 51.1 Å². The molecule has 18 heavy (non-hydrogen) atoms. The van der Waals surface area contributed by atoms with Crippen LogP contribution in [-0.4, -0.2) is 35.0 Å². The van der Waals surface area contributed by atoms with Gasteiger partial charge >= 0.3 is 0 Å². The molecule has 0 radical (unpaired) electrons. The molecule has 1 aromatic carbocycles. The quantitative estimate of drug-likeness (QED) is 0.885. The first-order valence-electron chi connectivity index (χ1n) is 5.59. The minimum Gasteiger partial charge on any atom is -0.351 e. The van der Waals surface area contributed by atoms with Crippen LogP contribution in [0.2, 0.25) is 5.02 Å². The van der Waals surface area contributed by atoms with E-state index in [0.29, 0.717) is 15.8 Å². The summed E-state index contributed by atoms with van der Waals surface area (Å²) in [6.07, 6.45) is 0. The lowest BCUT2D eigenvalue weighted by Crippen LogP contribution is -2.33. The van der Waals surface area contributed by atoms with Crippen molar-refractivity contribution in [3.8, 4) is 0 Å². The van der Waals surface area contributed by atoms with Gasteiger partial charge in [-0.3, -0.25) is 4.79 Å². The summed E-state index contributed by atoms with van der Waals surface area (Å²) < 4.78 is 0.773. The molecule has 1 aromatic rings. The first-order chi connectivity index (χ1) is 8.66. The summed E-state index contributed by atoms with van der Waals surface area (Å²) in [4.78, 5) is 12.0. The molecule has 2 rings (SSSR count). The van der Waals surface area contributed by atoms with Crippen LogP contribution in [0.5, 0.6) is 0 Å². The molecule has 1 atom stereocenters. The number of nitrogens with one attached hydrogen (secondary N) is 1. The number of carbonyl (C=O) groups is 1. The number of rotatable bonds is 3. The zero-order chi connectivity index (χ0) is 13.0. The average Bonchev–Trinajstić information content (AvgIpc) is 2.40. The summed E-state index contributed by atoms with van der Waals surface area (Å²) in [7, 11) is 0. The number of halogens is 2. The van der Waals surface area contributed by atoms with Crippen molar-refractivity contribution < 1.29 is 4.79 Å². The summed E-state index contributed by atoms with van der Waals surface area (Å²) in [6, 6.07) is 5.24. The lowest BCUT2D eigenvalue weighted by Gasteiger charge is -2.21. The largest absolute Gasteiger partial charge is 0.351 e. The fourth-order valence-corrected chi connectivity index (χ4v) is 4.84. The van der Waals surface area contributed by atoms with Gasteiger partial charge in [-0.05, 0) is 34.1 Å². The third kappa shape index (κ3) is 4.08. The van der Waals surface area contributed by atoms with Gasteiger partial charge in [-0.1, -0.05) is 11.6 Å². The van der Waals surface area contributed by atoms with Crippen molar-refractivity contribution in [2.45, 2.75) is 5.25 Å². The Kier molecular flexibility index (Phi) is 5.73. The highest BCUT2D eigenvalue weighted by atomic mass is 79.9. The molecule has 1 N–H and O–H groups in total. The molecular formula is C12H13BrClNOS2. The standard InChI is InChI=1S/C12H13BrClNOS2/c13-11-2-1-8(14)5-10(11)12(16)15-6-9-7-17-3-4-18-9/h1-2,5,9H,3-4,6-7H2,(H,15,16). The molecule has 1 fully saturated rings. The van der Waals surface area contributed by atoms with Gasteiger partial charge < -0.3 is 5.32 Å². The second kappa shape index (κ2) is 7.08. The molecule has 98 valence electrons. The maximum absolute atomic E-state index is 12.0. The molecule has 2 nitrogen and oxygen atoms in total. The molecule has 0 spiro atoms. The molecule has 6 heteroatoms. The summed E-state index contributed by atoms with van der Waals surface area (Å²) in [5, 5.41) is 4.07. The highest BCUT2D eigenvalue weighted by molar-refractivity contribution is 9.10. The maximum atomic E-state index is 12.0. The number of carbonyl (C=O) groups excluding carboxylic acids is 1. The molecule has 1 saturated heterocycles. The van der Waals surface area contributed by atoms with Gasteiger partial charge in [0.25, 0.3) is 5.91 Å². The normalized spacial score (nSPS) is 19.6. The molecule has 1 aliphatic rings. The topological polar surface area (TPSA) is 29.1 Å². The van der Waals surface area contributed by atoms with Crippen LogP contribution in [0.15, 0.2) is 22.7 Å². The minimum atomic E-state index is -0.0689. The zero-order valence-electron chi connectivity index (χ0n) is 9.62. The molecule has 0 aromatic heterocycles. The number of thioether (sulfide) groups is 2. The Morgan fingerprint density at radius 3 is 3.06 bits per heavy atom. The highest BCUT2D eigenvalue weighted by Gasteiger charge is 2.16. The Labute approximate surface area is 129 Å². The molecule has 0 bridgehead atoms. The van der Waals surface area contributed by atoms with Crippen LogP contribution in [-0.2, 0) is 0 Å². The van der Waals surface area contributed by atoms with Crippen LogP contribution < -0.4 is 5.32 Å². The lowest BCUT2D eigenvalue weighted by molar-refractivity contribution is 0.0953. The Morgan fingerprint density at radius 2 is 2.33 bits per heavy atom. The average molecular weight is 367 g/mol. The minimum absolute atomic E-state index is 0.0689. The van der Waals surface area contributed by atoms with Gasteiger partial charge in [-0.2, -0.15) is 23.5 Å². The number of hydrogen-bond acceptors (Lipinski definition) is 3. The van der Waals surface area contributed by atoms with Crippen molar-refractivity contribution in [3.63, 3.8) is 0 Å². The first-order valence-corrected chi connectivity index (χ1v) is 8.97. The summed E-state index contributed by atoms with van der Waals surface area (Å²) in [5.41, 5.74) is 0.593. The van der Waals surface area contributed by atoms with Gasteiger partial charge in [-0.15, -0.1) is 0 Å². The van der Waals surface area contributed by atoms with Crippen molar-refractivity contribution in [2.75, 3.05) is 23.8 Å². The van der Waals surface area contributed by atoms with E-state index < -0.39 is 0 Å². The van der Waals surface area contributed by atoms with Crippen LogP contribution in [0.1, 0.15) is 10.4 Å². The number of benzene rings is 1. The van der Waals surface area contributed by atoms with Gasteiger partial charge in [0.1, 0.15) is 0 Å². The van der Waals surface area contributed by atoms with Crippen molar-refractivity contribution in [1.82, 2.24) is 5.32 Å². The smallest absolute Gasteiger partial charge is 0.252 e. The monoisotopic (exact) mass is 365 g/mol. The van der Waals surface area contributed by atoms with E-state index in [2.05, 4.69) is 21.2 Å². The van der Waals surface area contributed by atoms with Gasteiger partial charge in [0.2, 0.25) is 0 Å². The molecule has 0 saturated carbocycles. The molecule has 1 aliphatic heterocycles. The third-order valence-electron chi connectivity index (χ3n) is 2.55. The van der Waals surface area contributed by atoms with Crippen molar-refractivity contribution in [1.29, 1.82) is 0 Å². The summed E-state index contributed by atoms with van der Waals surface area (Å²) in [5.74, 6) is 3.43. The fraction of sp³-hybridized carbons (Fsp3) is 0.417. The van der Waals surface area contributed by atoms with Crippen molar-refractivity contribution in [3.05, 3.63) is 33.3 Å². The van der Waals surface area contributed by atoms with E-state index in [-0.39, 0.29) is 5.91 Å². The molecule has 1 heterocycles. The van der Waals surface area contributed by atoms with E-state index in [1.54, 1.807) is 18.2 Å². The van der Waals surface area contributed by atoms with Crippen LogP contribution in [0.4, 0.5) is 0 Å². The number of hydrogen-bond donors (Lipinski definition) is 1. The molecule has 0 aliphatic carbocycles.